The Labute approximate surface area is 140 Å². The Morgan fingerprint density at radius 3 is 2.55 bits per heavy atom. The molecule has 0 bridgehead atoms. The van der Waals surface area contributed by atoms with E-state index in [1.807, 2.05) is 36.1 Å². The van der Waals surface area contributed by atoms with Crippen molar-refractivity contribution in [1.29, 1.82) is 0 Å². The maximum Gasteiger partial charge on any atom is 0.254 e. The van der Waals surface area contributed by atoms with E-state index in [1.165, 1.54) is 0 Å². The van der Waals surface area contributed by atoms with Crippen LogP contribution in [-0.2, 0) is 4.79 Å². The zero-order valence-corrected chi connectivity index (χ0v) is 14.7. The highest BCUT2D eigenvalue weighted by molar-refractivity contribution is 9.10. The molecular weight excluding hydrogens is 344 g/mol. The summed E-state index contributed by atoms with van der Waals surface area (Å²) in [6, 6.07) is 7.68. The standard InChI is InChI=1S/C17H23BrN2O2/c1-3-12(2)19-16(21)13-8-10-20(11-9-13)17(22)14-6-4-5-7-15(14)18/h4-7,12-13H,3,8-11H2,1-2H3,(H,19,21). The molecule has 1 N–H and O–H groups in total. The lowest BCUT2D eigenvalue weighted by Gasteiger charge is -2.32. The van der Waals surface area contributed by atoms with Crippen LogP contribution in [-0.4, -0.2) is 35.8 Å². The van der Waals surface area contributed by atoms with Gasteiger partial charge in [0.1, 0.15) is 0 Å². The average molecular weight is 367 g/mol. The molecule has 120 valence electrons. The quantitative estimate of drug-likeness (QED) is 0.889. The molecule has 0 spiro atoms. The van der Waals surface area contributed by atoms with Crippen molar-refractivity contribution in [3.8, 4) is 0 Å². The first-order valence-electron chi connectivity index (χ1n) is 7.87. The summed E-state index contributed by atoms with van der Waals surface area (Å²) in [6.45, 7) is 5.35. The van der Waals surface area contributed by atoms with Gasteiger partial charge in [-0.25, -0.2) is 0 Å². The number of hydrogen-bond donors (Lipinski definition) is 1. The van der Waals surface area contributed by atoms with Gasteiger partial charge in [0.05, 0.1) is 5.56 Å². The summed E-state index contributed by atoms with van der Waals surface area (Å²) < 4.78 is 0.816. The third-order valence-electron chi connectivity index (χ3n) is 4.26. The molecule has 0 radical (unpaired) electrons. The molecular formula is C17H23BrN2O2. The van der Waals surface area contributed by atoms with Crippen LogP contribution in [0.5, 0.6) is 0 Å². The molecule has 2 amide bonds. The van der Waals surface area contributed by atoms with Crippen LogP contribution in [0.2, 0.25) is 0 Å². The molecule has 1 aromatic rings. The second-order valence-electron chi connectivity index (χ2n) is 5.86. The largest absolute Gasteiger partial charge is 0.353 e. The van der Waals surface area contributed by atoms with Gasteiger partial charge in [0.25, 0.3) is 5.91 Å². The number of hydrogen-bond acceptors (Lipinski definition) is 2. The number of nitrogens with zero attached hydrogens (tertiary/aromatic N) is 1. The first-order valence-corrected chi connectivity index (χ1v) is 8.66. The number of rotatable bonds is 4. The minimum Gasteiger partial charge on any atom is -0.353 e. The van der Waals surface area contributed by atoms with Crippen LogP contribution >= 0.6 is 15.9 Å². The zero-order chi connectivity index (χ0) is 16.1. The summed E-state index contributed by atoms with van der Waals surface area (Å²) in [5, 5.41) is 3.03. The maximum atomic E-state index is 12.5. The Morgan fingerprint density at radius 1 is 1.32 bits per heavy atom. The smallest absolute Gasteiger partial charge is 0.254 e. The van der Waals surface area contributed by atoms with E-state index in [-0.39, 0.29) is 23.8 Å². The van der Waals surface area contributed by atoms with Gasteiger partial charge in [-0.15, -0.1) is 0 Å². The fourth-order valence-electron chi connectivity index (χ4n) is 2.61. The fraction of sp³-hybridized carbons (Fsp3) is 0.529. The van der Waals surface area contributed by atoms with Crippen LogP contribution in [0.3, 0.4) is 0 Å². The molecule has 1 atom stereocenters. The van der Waals surface area contributed by atoms with E-state index >= 15 is 0 Å². The fourth-order valence-corrected chi connectivity index (χ4v) is 3.07. The van der Waals surface area contributed by atoms with Crippen LogP contribution in [0.1, 0.15) is 43.5 Å². The lowest BCUT2D eigenvalue weighted by Crippen LogP contribution is -2.44. The lowest BCUT2D eigenvalue weighted by atomic mass is 9.95. The second kappa shape index (κ2) is 7.77. The average Bonchev–Trinajstić information content (AvgIpc) is 2.54. The molecule has 0 aromatic heterocycles. The molecule has 1 aromatic carbocycles. The third kappa shape index (κ3) is 4.09. The van der Waals surface area contributed by atoms with Crippen molar-refractivity contribution < 1.29 is 9.59 Å². The van der Waals surface area contributed by atoms with Crippen molar-refractivity contribution in [2.24, 2.45) is 5.92 Å². The Balaban J connectivity index is 1.91. The number of carbonyl (C=O) groups excluding carboxylic acids is 2. The predicted molar refractivity (Wildman–Crippen MR) is 90.7 cm³/mol. The number of piperidine rings is 1. The molecule has 1 aliphatic rings. The summed E-state index contributed by atoms with van der Waals surface area (Å²) in [5.74, 6) is 0.188. The van der Waals surface area contributed by atoms with Gasteiger partial charge in [0.15, 0.2) is 0 Å². The first-order chi connectivity index (χ1) is 10.5. The normalized spacial score (nSPS) is 17.1. The number of nitrogens with one attached hydrogen (secondary N) is 1. The maximum absolute atomic E-state index is 12.5. The topological polar surface area (TPSA) is 49.4 Å². The Hall–Kier alpha value is -1.36. The van der Waals surface area contributed by atoms with Crippen LogP contribution in [0.4, 0.5) is 0 Å². The number of carbonyl (C=O) groups is 2. The third-order valence-corrected chi connectivity index (χ3v) is 4.95. The summed E-state index contributed by atoms with van der Waals surface area (Å²) >= 11 is 3.42. The number of benzene rings is 1. The minimum absolute atomic E-state index is 0.0252. The highest BCUT2D eigenvalue weighted by Crippen LogP contribution is 2.23. The molecule has 1 aliphatic heterocycles. The van der Waals surface area contributed by atoms with E-state index < -0.39 is 0 Å². The van der Waals surface area contributed by atoms with Gasteiger partial charge in [0.2, 0.25) is 5.91 Å². The molecule has 22 heavy (non-hydrogen) atoms. The molecule has 0 saturated carbocycles. The van der Waals surface area contributed by atoms with Crippen LogP contribution in [0.25, 0.3) is 0 Å². The number of amides is 2. The summed E-state index contributed by atoms with van der Waals surface area (Å²) in [5.41, 5.74) is 0.685. The van der Waals surface area contributed by atoms with Gasteiger partial charge in [-0.1, -0.05) is 19.1 Å². The second-order valence-corrected chi connectivity index (χ2v) is 6.72. The SMILES string of the molecule is CCC(C)NC(=O)C1CCN(C(=O)c2ccccc2Br)CC1. The predicted octanol–water partition coefficient (Wildman–Crippen LogP) is 3.22. The van der Waals surface area contributed by atoms with Crippen molar-refractivity contribution in [3.63, 3.8) is 0 Å². The van der Waals surface area contributed by atoms with Crippen molar-refractivity contribution in [2.75, 3.05) is 13.1 Å². The van der Waals surface area contributed by atoms with Crippen molar-refractivity contribution >= 4 is 27.7 Å². The molecule has 1 heterocycles. The Morgan fingerprint density at radius 2 is 1.95 bits per heavy atom. The summed E-state index contributed by atoms with van der Waals surface area (Å²) in [4.78, 5) is 26.5. The van der Waals surface area contributed by atoms with Gasteiger partial charge < -0.3 is 10.2 Å². The Kier molecular flexibility index (Phi) is 6.00. The Bertz CT molecular complexity index is 539. The zero-order valence-electron chi connectivity index (χ0n) is 13.1. The molecule has 2 rings (SSSR count). The summed E-state index contributed by atoms with van der Waals surface area (Å²) in [7, 11) is 0. The monoisotopic (exact) mass is 366 g/mol. The first kappa shape index (κ1) is 17.0. The summed E-state index contributed by atoms with van der Waals surface area (Å²) in [6.07, 6.45) is 2.40. The molecule has 1 saturated heterocycles. The van der Waals surface area contributed by atoms with Crippen LogP contribution in [0, 0.1) is 5.92 Å². The van der Waals surface area contributed by atoms with Crippen molar-refractivity contribution in [1.82, 2.24) is 10.2 Å². The van der Waals surface area contributed by atoms with E-state index in [0.29, 0.717) is 18.7 Å². The number of halogens is 1. The number of likely N-dealkylation sites (tertiary alicyclic amines) is 1. The van der Waals surface area contributed by atoms with Gasteiger partial charge >= 0.3 is 0 Å². The van der Waals surface area contributed by atoms with E-state index in [2.05, 4.69) is 28.2 Å². The van der Waals surface area contributed by atoms with E-state index in [0.717, 1.165) is 23.7 Å². The molecule has 0 aliphatic carbocycles. The van der Waals surface area contributed by atoms with Crippen LogP contribution < -0.4 is 5.32 Å². The van der Waals surface area contributed by atoms with Crippen molar-refractivity contribution in [3.05, 3.63) is 34.3 Å². The molecule has 1 unspecified atom stereocenters. The van der Waals surface area contributed by atoms with E-state index in [9.17, 15) is 9.59 Å². The van der Waals surface area contributed by atoms with E-state index in [1.54, 1.807) is 0 Å². The van der Waals surface area contributed by atoms with Crippen LogP contribution in [0.15, 0.2) is 28.7 Å². The molecule has 5 heteroatoms. The lowest BCUT2D eigenvalue weighted by molar-refractivity contribution is -0.126. The van der Waals surface area contributed by atoms with Crippen molar-refractivity contribution in [2.45, 2.75) is 39.2 Å². The molecule has 1 fully saturated rings. The highest BCUT2D eigenvalue weighted by atomic mass is 79.9. The van der Waals surface area contributed by atoms with Gasteiger partial charge in [-0.05, 0) is 54.2 Å². The minimum atomic E-state index is 0.0252. The van der Waals surface area contributed by atoms with Gasteiger partial charge in [0, 0.05) is 29.5 Å². The van der Waals surface area contributed by atoms with Gasteiger partial charge in [-0.3, -0.25) is 9.59 Å². The molecule has 4 nitrogen and oxygen atoms in total. The van der Waals surface area contributed by atoms with Gasteiger partial charge in [-0.2, -0.15) is 0 Å². The highest BCUT2D eigenvalue weighted by Gasteiger charge is 2.28. The van der Waals surface area contributed by atoms with E-state index in [4.69, 9.17) is 0 Å².